The van der Waals surface area contributed by atoms with E-state index in [1.54, 1.807) is 62.3 Å². The summed E-state index contributed by atoms with van der Waals surface area (Å²) in [5.74, 6) is -5.51. The van der Waals surface area contributed by atoms with E-state index in [2.05, 4.69) is 25.9 Å². The van der Waals surface area contributed by atoms with Crippen LogP contribution in [0.5, 0.6) is 0 Å². The third-order valence-corrected chi connectivity index (χ3v) is 10.3. The van der Waals surface area contributed by atoms with Crippen LogP contribution in [-0.2, 0) is 79.4 Å². The summed E-state index contributed by atoms with van der Waals surface area (Å²) >= 11 is 0. The zero-order valence-electron chi connectivity index (χ0n) is 54.8. The predicted molar refractivity (Wildman–Crippen MR) is 304 cm³/mol. The van der Waals surface area contributed by atoms with E-state index in [1.807, 2.05) is 12.2 Å². The summed E-state index contributed by atoms with van der Waals surface area (Å²) in [6.45, 7) is 4.47. The van der Waals surface area contributed by atoms with E-state index < -0.39 is 124 Å². The zero-order valence-corrected chi connectivity index (χ0v) is 47.6. The number of amides is 5. The molecule has 3 aliphatic heterocycles. The van der Waals surface area contributed by atoms with Gasteiger partial charge in [-0.1, -0.05) is 58.1 Å². The Kier molecular flexibility index (Phi) is 31.4. The van der Waals surface area contributed by atoms with Crippen molar-refractivity contribution in [3.8, 4) is 0 Å². The highest BCUT2D eigenvalue weighted by Crippen LogP contribution is 2.15. The Labute approximate surface area is 485 Å². The second-order valence-corrected chi connectivity index (χ2v) is 20.1. The maximum Gasteiger partial charge on any atom is 0.437 e. The molecule has 0 bridgehead atoms. The first-order valence-corrected chi connectivity index (χ1v) is 25.4. The number of hydrogen-bond donors (Lipinski definition) is 4. The van der Waals surface area contributed by atoms with E-state index in [1.165, 1.54) is 0 Å². The predicted octanol–water partition coefficient (Wildman–Crippen LogP) is 7.79. The van der Waals surface area contributed by atoms with E-state index in [0.29, 0.717) is 53.2 Å². The lowest BCUT2D eigenvalue weighted by atomic mass is 10.1. The van der Waals surface area contributed by atoms with Gasteiger partial charge in [0.15, 0.2) is 5.96 Å². The van der Waals surface area contributed by atoms with E-state index in [-0.39, 0.29) is 65.9 Å². The fraction of sp³-hybridized carbons (Fsp3) is 0.755. The quantitative estimate of drug-likeness (QED) is 0.0592. The van der Waals surface area contributed by atoms with Crippen molar-refractivity contribution in [1.29, 1.82) is 5.41 Å². The van der Waals surface area contributed by atoms with Gasteiger partial charge >= 0.3 is 30.1 Å². The molecule has 24 heteroatoms. The van der Waals surface area contributed by atoms with Crippen molar-refractivity contribution in [3.05, 3.63) is 12.2 Å². The van der Waals surface area contributed by atoms with Crippen molar-refractivity contribution in [3.63, 3.8) is 0 Å². The molecule has 3 aliphatic rings. The fourth-order valence-electron chi connectivity index (χ4n) is 6.71. The number of nitrogens with one attached hydrogen (secondary N) is 4. The van der Waals surface area contributed by atoms with Crippen LogP contribution in [0.15, 0.2) is 22.1 Å². The number of likely N-dealkylation sites (N-methyl/N-ethyl adjacent to an activating group) is 3. The Morgan fingerprint density at radius 1 is 0.571 bits per heavy atom. The van der Waals surface area contributed by atoms with Crippen LogP contribution in [0.2, 0.25) is 0 Å². The SMILES string of the molecule is C.[2H]C([2H])([2H])N1CC(=O)OC(C)C/C=C/CCCCC(=O)NC1=NC(=O)OC(C)(C)C.[2H]C([2H])([2H])N1CC(=O)OC(C)CCCCCCCC(=O)NC1=N.[2H]C([2H])([2H])N1CC(=O)OC(C)CCCCCCCC(=O)NC1=NC(=O)OC(C)(C)C.[S-2].[SH-]. The summed E-state index contributed by atoms with van der Waals surface area (Å²) in [5.41, 5.74) is -1.75. The van der Waals surface area contributed by atoms with Gasteiger partial charge in [-0.2, -0.15) is 0 Å². The molecule has 0 aromatic heterocycles. The van der Waals surface area contributed by atoms with Crippen LogP contribution < -0.4 is 16.0 Å². The Bertz CT molecular complexity index is 2230. The van der Waals surface area contributed by atoms with Crippen LogP contribution in [0.1, 0.15) is 204 Å². The number of rotatable bonds is 0. The molecular weight excluding hydrogens is 1030 g/mol. The minimum absolute atomic E-state index is 0. The number of allylic oxidation sites excluding steroid dienone is 1. The highest BCUT2D eigenvalue weighted by molar-refractivity contribution is 7.37. The first-order valence-electron chi connectivity index (χ1n) is 29.9. The monoisotopic (exact) mass is 1140 g/mol. The molecule has 22 nitrogen and oxygen atoms in total. The number of nitrogens with zero attached hydrogens (tertiary/aromatic N) is 5. The van der Waals surface area contributed by atoms with Gasteiger partial charge in [0, 0.05) is 58.9 Å². The van der Waals surface area contributed by atoms with Gasteiger partial charge < -0.3 is 65.4 Å². The summed E-state index contributed by atoms with van der Waals surface area (Å²) in [6.07, 6.45) is 13.7. The molecule has 0 aliphatic carbocycles. The average Bonchev–Trinajstić information content (AvgIpc) is 2.18. The summed E-state index contributed by atoms with van der Waals surface area (Å²) in [5, 5.41) is 14.7. The lowest BCUT2D eigenvalue weighted by molar-refractivity contribution is -0.149. The molecule has 4 N–H and O–H groups in total. The van der Waals surface area contributed by atoms with Crippen molar-refractivity contribution < 1.29 is 74.4 Å². The number of aliphatic imine (C=N–C) groups is 2. The summed E-state index contributed by atoms with van der Waals surface area (Å²) in [6, 6.07) is 0. The lowest BCUT2D eigenvalue weighted by Gasteiger charge is -2.23. The third kappa shape index (κ3) is 40.5. The van der Waals surface area contributed by atoms with Crippen LogP contribution in [0.25, 0.3) is 0 Å². The van der Waals surface area contributed by atoms with Gasteiger partial charge in [-0.05, 0) is 120 Å². The molecule has 0 saturated carbocycles. The largest absolute Gasteiger partial charge is 2.00 e. The summed E-state index contributed by atoms with van der Waals surface area (Å²) < 4.78 is 94.7. The van der Waals surface area contributed by atoms with Gasteiger partial charge in [0.2, 0.25) is 29.6 Å². The van der Waals surface area contributed by atoms with E-state index in [0.717, 1.165) is 64.2 Å². The van der Waals surface area contributed by atoms with Gasteiger partial charge in [-0.25, -0.2) is 9.59 Å². The Hall–Kier alpha value is -5.39. The Morgan fingerprint density at radius 3 is 1.32 bits per heavy atom. The maximum atomic E-state index is 12.3. The minimum Gasteiger partial charge on any atom is -2.00 e. The zero-order chi connectivity index (χ0) is 63.4. The number of carbonyl (C=O) groups is 8. The molecule has 0 spiro atoms. The van der Waals surface area contributed by atoms with Gasteiger partial charge in [-0.15, -0.1) is 9.98 Å². The molecule has 0 aromatic carbocycles. The molecule has 5 amide bonds. The van der Waals surface area contributed by atoms with E-state index in [9.17, 15) is 38.4 Å². The Morgan fingerprint density at radius 2 is 0.922 bits per heavy atom. The molecule has 444 valence electrons. The topological polar surface area (TPSA) is 277 Å². The smallest absolute Gasteiger partial charge is 0.437 e. The molecule has 3 unspecified atom stereocenters. The van der Waals surface area contributed by atoms with Crippen molar-refractivity contribution in [2.45, 2.75) is 221 Å². The standard InChI is InChI=1S/C19H33N3O5.C19H31N3O5.C14H25N3O3.CH4.H2S.S/c2*1-14-11-9-7-6-8-10-12-15(23)20-17(22(5)13-16(24)26-14)21-18(25)27-19(2,3)4;1-11-8-6-4-3-5-7-9-12(18)16-14(15)17(2)10-13(19)20-11;;;/h14H,6-13H2,1-5H3,(H,20,21,23,25);7,9,14H,6,8,10-13H2,1-5H3,(H,20,21,23,25);11H,3-10H2,1-2H3,(H2,15,16,18);1H4;1H2;/q;;;;;-2/p-1/b;9-7+;;;;/i2*5D3;2D3;;;. The van der Waals surface area contributed by atoms with Crippen LogP contribution in [0.3, 0.4) is 0 Å². The molecule has 3 heterocycles. The van der Waals surface area contributed by atoms with Gasteiger partial charge in [0.05, 0.1) is 12.2 Å². The van der Waals surface area contributed by atoms with Crippen molar-refractivity contribution in [2.24, 2.45) is 9.98 Å². The minimum atomic E-state index is -2.87. The van der Waals surface area contributed by atoms with Crippen LogP contribution in [0.4, 0.5) is 9.59 Å². The number of esters is 3. The normalized spacial score (nSPS) is 24.9. The highest BCUT2D eigenvalue weighted by Gasteiger charge is 2.24. The highest BCUT2D eigenvalue weighted by atomic mass is 32.1. The molecule has 0 aromatic rings. The first kappa shape index (κ1) is 59.3. The maximum absolute atomic E-state index is 12.3. The molecule has 3 atom stereocenters. The number of hydrogen-bond acceptors (Lipinski definition) is 15. The van der Waals surface area contributed by atoms with Crippen molar-refractivity contribution in [2.75, 3.05) is 40.6 Å². The van der Waals surface area contributed by atoms with Crippen molar-refractivity contribution >= 4 is 92.7 Å². The van der Waals surface area contributed by atoms with Gasteiger partial charge in [0.25, 0.3) is 0 Å². The number of thiol groups is 1. The second-order valence-electron chi connectivity index (χ2n) is 20.1. The van der Waals surface area contributed by atoms with E-state index >= 15 is 0 Å². The summed E-state index contributed by atoms with van der Waals surface area (Å²) in [4.78, 5) is 106. The first-order chi connectivity index (χ1) is 38.2. The number of carbonyl (C=O) groups excluding carboxylic acids is 8. The third-order valence-electron chi connectivity index (χ3n) is 10.3. The van der Waals surface area contributed by atoms with E-state index in [4.69, 9.17) is 41.4 Å². The molecule has 2 saturated heterocycles. The molecule has 77 heavy (non-hydrogen) atoms. The number of cyclic esters (lactones) is 3. The Balaban J connectivity index is -0.00000119. The molecule has 3 rings (SSSR count). The molecule has 0 radical (unpaired) electrons. The lowest BCUT2D eigenvalue weighted by Crippen LogP contribution is -2.45. The average molecular weight is 1140 g/mol. The van der Waals surface area contributed by atoms with Gasteiger partial charge in [-0.3, -0.25) is 50.1 Å². The second kappa shape index (κ2) is 40.8. The fourth-order valence-corrected chi connectivity index (χ4v) is 6.71. The summed E-state index contributed by atoms with van der Waals surface area (Å²) in [7, 11) is 0. The van der Waals surface area contributed by atoms with Crippen LogP contribution in [0, 0.1) is 5.41 Å². The van der Waals surface area contributed by atoms with Crippen molar-refractivity contribution in [1.82, 2.24) is 30.7 Å². The van der Waals surface area contributed by atoms with Gasteiger partial charge in [0.1, 0.15) is 36.9 Å². The molecule has 2 fully saturated rings. The van der Waals surface area contributed by atoms with Crippen LogP contribution >= 0.6 is 0 Å². The number of guanidine groups is 3. The molecular formula is C53H94N9O13S2-3. The number of ether oxygens (including phenoxy) is 5. The van der Waals surface area contributed by atoms with Crippen LogP contribution in [-0.4, -0.2) is 150 Å².